The number of rotatable bonds is 8. The van der Waals surface area contributed by atoms with E-state index in [0.29, 0.717) is 25.2 Å². The minimum atomic E-state index is -1.05. The van der Waals surface area contributed by atoms with E-state index in [1.165, 1.54) is 5.56 Å². The van der Waals surface area contributed by atoms with Crippen LogP contribution < -0.4 is 5.73 Å². The molecule has 2 rings (SSSR count). The highest BCUT2D eigenvalue weighted by atomic mass is 16.4. The van der Waals surface area contributed by atoms with Gasteiger partial charge in [-0.25, -0.2) is 9.48 Å². The summed E-state index contributed by atoms with van der Waals surface area (Å²) in [4.78, 5) is 11.1. The van der Waals surface area contributed by atoms with Crippen LogP contribution in [-0.4, -0.2) is 32.6 Å². The molecule has 0 unspecified atom stereocenters. The molecular weight excluding hydrogens is 268 g/mol. The Bertz CT molecular complexity index is 581. The molecule has 0 fully saturated rings. The van der Waals surface area contributed by atoms with Crippen LogP contribution in [-0.2, 0) is 19.4 Å². The molecule has 6 heteroatoms. The first-order valence-corrected chi connectivity index (χ1v) is 7.12. The standard InChI is InChI=1S/C15H20N4O2/c16-10-9-13-14(15(20)21)17-18-19(13)11-5-4-8-12-6-2-1-3-7-12/h1-3,6-7H,4-5,8-11,16H2,(H,20,21). The Morgan fingerprint density at radius 2 is 1.95 bits per heavy atom. The topological polar surface area (TPSA) is 94.0 Å². The van der Waals surface area contributed by atoms with Crippen LogP contribution in [0.4, 0.5) is 0 Å². The van der Waals surface area contributed by atoms with Gasteiger partial charge in [0.1, 0.15) is 0 Å². The molecule has 1 heterocycles. The van der Waals surface area contributed by atoms with Gasteiger partial charge in [0.05, 0.1) is 5.69 Å². The molecular formula is C15H20N4O2. The minimum Gasteiger partial charge on any atom is -0.476 e. The van der Waals surface area contributed by atoms with Gasteiger partial charge in [-0.1, -0.05) is 35.5 Å². The maximum absolute atomic E-state index is 11.1. The van der Waals surface area contributed by atoms with E-state index in [1.54, 1.807) is 4.68 Å². The second-order valence-electron chi connectivity index (χ2n) is 4.89. The molecule has 0 bridgehead atoms. The van der Waals surface area contributed by atoms with Crippen molar-refractivity contribution in [3.63, 3.8) is 0 Å². The zero-order valence-electron chi connectivity index (χ0n) is 11.9. The highest BCUT2D eigenvalue weighted by molar-refractivity contribution is 5.86. The molecule has 0 aliphatic rings. The van der Waals surface area contributed by atoms with E-state index >= 15 is 0 Å². The number of nitrogens with zero attached hydrogens (tertiary/aromatic N) is 3. The van der Waals surface area contributed by atoms with Crippen molar-refractivity contribution in [2.45, 2.75) is 32.2 Å². The quantitative estimate of drug-likeness (QED) is 0.718. The average molecular weight is 288 g/mol. The van der Waals surface area contributed by atoms with E-state index in [4.69, 9.17) is 10.8 Å². The van der Waals surface area contributed by atoms with Crippen LogP contribution in [0.25, 0.3) is 0 Å². The number of aryl methyl sites for hydroxylation is 2. The zero-order valence-corrected chi connectivity index (χ0v) is 11.9. The molecule has 0 aliphatic heterocycles. The van der Waals surface area contributed by atoms with Crippen LogP contribution in [0.2, 0.25) is 0 Å². The van der Waals surface area contributed by atoms with Gasteiger partial charge in [0, 0.05) is 13.0 Å². The Kier molecular flexibility index (Phi) is 5.45. The first-order chi connectivity index (χ1) is 10.2. The van der Waals surface area contributed by atoms with Gasteiger partial charge in [0.15, 0.2) is 5.69 Å². The maximum atomic E-state index is 11.1. The van der Waals surface area contributed by atoms with Gasteiger partial charge in [0.2, 0.25) is 0 Å². The van der Waals surface area contributed by atoms with Crippen molar-refractivity contribution in [3.8, 4) is 0 Å². The molecule has 1 aromatic carbocycles. The normalized spacial score (nSPS) is 10.7. The van der Waals surface area contributed by atoms with Crippen molar-refractivity contribution < 1.29 is 9.90 Å². The van der Waals surface area contributed by atoms with E-state index in [1.807, 2.05) is 18.2 Å². The van der Waals surface area contributed by atoms with Gasteiger partial charge < -0.3 is 10.8 Å². The largest absolute Gasteiger partial charge is 0.476 e. The van der Waals surface area contributed by atoms with Gasteiger partial charge in [-0.05, 0) is 31.4 Å². The van der Waals surface area contributed by atoms with Crippen LogP contribution in [0.15, 0.2) is 30.3 Å². The first-order valence-electron chi connectivity index (χ1n) is 7.12. The predicted octanol–water partition coefficient (Wildman–Crippen LogP) is 1.50. The molecule has 1 aromatic heterocycles. The van der Waals surface area contributed by atoms with Gasteiger partial charge in [-0.3, -0.25) is 0 Å². The molecule has 0 saturated heterocycles. The van der Waals surface area contributed by atoms with Crippen molar-refractivity contribution in [2.24, 2.45) is 5.73 Å². The number of carbonyl (C=O) groups is 1. The highest BCUT2D eigenvalue weighted by Gasteiger charge is 2.17. The molecule has 3 N–H and O–H groups in total. The minimum absolute atomic E-state index is 0.0171. The highest BCUT2D eigenvalue weighted by Crippen LogP contribution is 2.10. The maximum Gasteiger partial charge on any atom is 0.358 e. The van der Waals surface area contributed by atoms with Gasteiger partial charge in [-0.15, -0.1) is 5.10 Å². The number of aromatic carboxylic acids is 1. The molecule has 2 aromatic rings. The Balaban J connectivity index is 1.89. The Labute approximate surface area is 123 Å². The molecule has 21 heavy (non-hydrogen) atoms. The fraction of sp³-hybridized carbons (Fsp3) is 0.400. The van der Waals surface area contributed by atoms with Crippen molar-refractivity contribution in [1.82, 2.24) is 15.0 Å². The summed E-state index contributed by atoms with van der Waals surface area (Å²) in [5.41, 5.74) is 7.47. The number of hydrogen-bond acceptors (Lipinski definition) is 4. The molecule has 6 nitrogen and oxygen atoms in total. The van der Waals surface area contributed by atoms with Crippen molar-refractivity contribution >= 4 is 5.97 Å². The van der Waals surface area contributed by atoms with Crippen molar-refractivity contribution in [1.29, 1.82) is 0 Å². The van der Waals surface area contributed by atoms with Crippen LogP contribution in [0, 0.1) is 0 Å². The lowest BCUT2D eigenvalue weighted by Crippen LogP contribution is -2.13. The van der Waals surface area contributed by atoms with E-state index in [-0.39, 0.29) is 5.69 Å². The average Bonchev–Trinajstić information content (AvgIpc) is 2.88. The summed E-state index contributed by atoms with van der Waals surface area (Å²) in [5, 5.41) is 16.7. The molecule has 0 spiro atoms. The summed E-state index contributed by atoms with van der Waals surface area (Å²) in [6.45, 7) is 1.06. The molecule has 112 valence electrons. The van der Waals surface area contributed by atoms with Gasteiger partial charge in [0.25, 0.3) is 0 Å². The summed E-state index contributed by atoms with van der Waals surface area (Å²) in [6, 6.07) is 10.3. The van der Waals surface area contributed by atoms with Crippen LogP contribution in [0.1, 0.15) is 34.6 Å². The van der Waals surface area contributed by atoms with Crippen LogP contribution >= 0.6 is 0 Å². The third-order valence-electron chi connectivity index (χ3n) is 3.35. The number of hydrogen-bond donors (Lipinski definition) is 2. The molecule has 0 atom stereocenters. The third kappa shape index (κ3) is 4.13. The number of carboxylic acids is 1. The smallest absolute Gasteiger partial charge is 0.358 e. The zero-order chi connectivity index (χ0) is 15.1. The van der Waals surface area contributed by atoms with E-state index in [9.17, 15) is 4.79 Å². The summed E-state index contributed by atoms with van der Waals surface area (Å²) < 4.78 is 1.67. The Morgan fingerprint density at radius 3 is 2.62 bits per heavy atom. The van der Waals surface area contributed by atoms with Gasteiger partial charge >= 0.3 is 5.97 Å². The number of benzene rings is 1. The van der Waals surface area contributed by atoms with Crippen LogP contribution in [0.5, 0.6) is 0 Å². The van der Waals surface area contributed by atoms with E-state index < -0.39 is 5.97 Å². The number of carboxylic acid groups (broad SMARTS) is 1. The number of unbranched alkanes of at least 4 members (excludes halogenated alkanes) is 1. The SMILES string of the molecule is NCCc1c(C(=O)O)nnn1CCCCc1ccccc1. The van der Waals surface area contributed by atoms with E-state index in [0.717, 1.165) is 19.3 Å². The first kappa shape index (κ1) is 15.2. The summed E-state index contributed by atoms with van der Waals surface area (Å²) in [6.07, 6.45) is 3.43. The molecule has 0 amide bonds. The van der Waals surface area contributed by atoms with E-state index in [2.05, 4.69) is 22.4 Å². The number of aromatic nitrogens is 3. The fourth-order valence-corrected chi connectivity index (χ4v) is 2.30. The third-order valence-corrected chi connectivity index (χ3v) is 3.35. The van der Waals surface area contributed by atoms with Gasteiger partial charge in [-0.2, -0.15) is 0 Å². The molecule has 0 aliphatic carbocycles. The summed E-state index contributed by atoms with van der Waals surface area (Å²) in [5.74, 6) is -1.05. The second-order valence-corrected chi connectivity index (χ2v) is 4.89. The lowest BCUT2D eigenvalue weighted by Gasteiger charge is -2.06. The van der Waals surface area contributed by atoms with Crippen LogP contribution in [0.3, 0.4) is 0 Å². The molecule has 0 radical (unpaired) electrons. The predicted molar refractivity (Wildman–Crippen MR) is 79.1 cm³/mol. The fourth-order valence-electron chi connectivity index (χ4n) is 2.30. The molecule has 0 saturated carbocycles. The summed E-state index contributed by atoms with van der Waals surface area (Å²) in [7, 11) is 0. The summed E-state index contributed by atoms with van der Waals surface area (Å²) >= 11 is 0. The lowest BCUT2D eigenvalue weighted by atomic mass is 10.1. The van der Waals surface area contributed by atoms with Crippen molar-refractivity contribution in [2.75, 3.05) is 6.54 Å². The number of nitrogens with two attached hydrogens (primary N) is 1. The van der Waals surface area contributed by atoms with Crippen molar-refractivity contribution in [3.05, 3.63) is 47.3 Å². The Hall–Kier alpha value is -2.21. The lowest BCUT2D eigenvalue weighted by molar-refractivity contribution is 0.0689. The Morgan fingerprint density at radius 1 is 1.19 bits per heavy atom. The monoisotopic (exact) mass is 288 g/mol. The second kappa shape index (κ2) is 7.54.